The summed E-state index contributed by atoms with van der Waals surface area (Å²) in [6.45, 7) is 53.1. The molecular formula is C78H144F36. The smallest absolute Gasteiger partial charge is 0.171 e. The highest BCUT2D eigenvalue weighted by atomic mass is 19.5. The molecule has 0 aliphatic rings. The van der Waals surface area contributed by atoms with Gasteiger partial charge in [0.1, 0.15) is 0 Å². The lowest BCUT2D eigenvalue weighted by Crippen LogP contribution is -2.37. The van der Waals surface area contributed by atoms with Gasteiger partial charge in [0.2, 0.25) is 0 Å². The van der Waals surface area contributed by atoms with Crippen LogP contribution >= 0.6 is 0 Å². The quantitative estimate of drug-likeness (QED) is 0.0667. The molecular weight excluding hydrogens is 1620 g/mol. The molecule has 0 radical (unpaired) electrons. The zero-order valence-electron chi connectivity index (χ0n) is 72.5. The van der Waals surface area contributed by atoms with E-state index in [-0.39, 0.29) is 37.5 Å². The van der Waals surface area contributed by atoms with E-state index < -0.39 is 160 Å². The highest BCUT2D eigenvalue weighted by Crippen LogP contribution is 2.45. The van der Waals surface area contributed by atoms with E-state index >= 15 is 0 Å². The van der Waals surface area contributed by atoms with Crippen molar-refractivity contribution in [2.45, 2.75) is 422 Å². The maximum atomic E-state index is 11.9. The molecule has 0 N–H and O–H groups in total. The molecule has 0 saturated heterocycles. The molecule has 5 atom stereocenters. The maximum absolute atomic E-state index is 11.9. The highest BCUT2D eigenvalue weighted by molar-refractivity contribution is 4.78. The minimum Gasteiger partial charge on any atom is -0.171 e. The average molecular weight is 1770 g/mol. The molecule has 1 unspecified atom stereocenters. The van der Waals surface area contributed by atoms with Crippen molar-refractivity contribution in [1.82, 2.24) is 0 Å². The van der Waals surface area contributed by atoms with E-state index in [1.807, 2.05) is 20.8 Å². The third kappa shape index (κ3) is 112. The van der Waals surface area contributed by atoms with Crippen LogP contribution in [0, 0.1) is 81.8 Å². The Hall–Kier alpha value is -2.52. The Bertz CT molecular complexity index is 1960. The van der Waals surface area contributed by atoms with Crippen LogP contribution in [0.5, 0.6) is 0 Å². The Kier molecular flexibility index (Phi) is 79.8. The minimum atomic E-state index is -5.19. The molecule has 0 aromatic carbocycles. The van der Waals surface area contributed by atoms with E-state index in [0.717, 1.165) is 50.4 Å². The topological polar surface area (TPSA) is 0 Å². The molecule has 0 spiro atoms. The lowest BCUT2D eigenvalue weighted by Gasteiger charge is -2.24. The first-order chi connectivity index (χ1) is 50.0. The SMILES string of the molecule is CC(C)C(C)C.CC(C)CC(C(F)(F)F)C(F)(F)F.CCC(C)(C)C.CCC(C)(C)C.CCC(C)CC.CCCC(C(F)(F)F)C(F)(F)F.CCCCC(C(F)(F)F)C(F)(F)F.CCCCCCC(F)(F)F.CCCC[C@H](C)C(F)(F)F.CCC[C@H](C)CC(F)(F)F.CC[C@H](C)C(C)C(F)(F)F.C[C@@H](CCC(F)(F)F)C(F)(F)F. The van der Waals surface area contributed by atoms with Crippen molar-refractivity contribution in [2.75, 3.05) is 0 Å². The van der Waals surface area contributed by atoms with E-state index in [1.165, 1.54) is 60.3 Å². The molecule has 0 aliphatic heterocycles. The summed E-state index contributed by atoms with van der Waals surface area (Å²) < 4.78 is 422. The molecule has 0 bridgehead atoms. The van der Waals surface area contributed by atoms with Crippen LogP contribution < -0.4 is 0 Å². The Morgan fingerprint density at radius 1 is 0.237 bits per heavy atom. The van der Waals surface area contributed by atoms with Crippen molar-refractivity contribution in [3.05, 3.63) is 0 Å². The Morgan fingerprint density at radius 2 is 0.518 bits per heavy atom. The van der Waals surface area contributed by atoms with Gasteiger partial charge >= 0.3 is 74.1 Å². The van der Waals surface area contributed by atoms with Gasteiger partial charge < -0.3 is 0 Å². The van der Waals surface area contributed by atoms with Gasteiger partial charge in [-0.2, -0.15) is 158 Å². The standard InChI is InChI=1S/2C7H10F6.4C7H13F3.2C6H8F6.4C6H14/c1-4(2)3-5(6(8,9)10)7(11,12)13;1-2-3-4-5(6(8,9)10)7(11,12)13;1-4-5(2)6(3)7(8,9)10;1-3-4-6(2)5-7(8,9)10;1-3-4-5-6(2)7(8,9)10;1-2-3-4-5-6-7(8,9)10;1-4(6(10,11)12)2-3-5(7,8)9;1-2-3-4(5(7,8)9)6(10,11)12;2*1-5-6(2,3)4;1-5(2)6(3)4;1-4-6(3)5-2/h4-5H,3H2,1-2H3;5H,2-4H2,1H3;5-6H,4H2,1-3H3;2*6H,3-5H2,1-2H3;2-6H2,1H3;2*4H,2-3H2,1H3;2*5H2,1-4H3;5-6H,1-4H3;6H,4-5H2,1-3H3/t;;5-,6?;2*6-;;4-;;;;;/m..000.0...../s1. The molecule has 0 aliphatic carbocycles. The molecule has 0 fully saturated rings. The lowest BCUT2D eigenvalue weighted by molar-refractivity contribution is -0.288. The second-order valence-corrected chi connectivity index (χ2v) is 31.7. The van der Waals surface area contributed by atoms with Gasteiger partial charge in [0.05, 0.1) is 17.8 Å². The van der Waals surface area contributed by atoms with E-state index in [2.05, 4.69) is 104 Å². The van der Waals surface area contributed by atoms with Crippen LogP contribution in [0.4, 0.5) is 158 Å². The summed E-state index contributed by atoms with van der Waals surface area (Å²) in [5.74, 6) is -12.2. The van der Waals surface area contributed by atoms with Gasteiger partial charge in [-0.1, -0.05) is 290 Å². The van der Waals surface area contributed by atoms with E-state index in [4.69, 9.17) is 0 Å². The van der Waals surface area contributed by atoms with Gasteiger partial charge in [-0.3, -0.25) is 0 Å². The first-order valence-corrected chi connectivity index (χ1v) is 38.8. The van der Waals surface area contributed by atoms with E-state index in [9.17, 15) is 158 Å². The fourth-order valence-electron chi connectivity index (χ4n) is 6.57. The zero-order chi connectivity index (χ0) is 94.9. The Labute approximate surface area is 660 Å². The van der Waals surface area contributed by atoms with Crippen molar-refractivity contribution in [1.29, 1.82) is 0 Å². The number of unbranched alkanes of at least 4 members (excludes halogenated alkanes) is 5. The van der Waals surface area contributed by atoms with Gasteiger partial charge in [0.15, 0.2) is 17.8 Å². The monoisotopic (exact) mass is 1770 g/mol. The third-order valence-electron chi connectivity index (χ3n) is 17.0. The van der Waals surface area contributed by atoms with Gasteiger partial charge in [0.25, 0.3) is 0 Å². The summed E-state index contributed by atoms with van der Waals surface area (Å²) in [6, 6.07) is 0. The fourth-order valence-corrected chi connectivity index (χ4v) is 6.57. The molecule has 0 nitrogen and oxygen atoms in total. The van der Waals surface area contributed by atoms with Crippen LogP contribution in [-0.4, -0.2) is 74.1 Å². The van der Waals surface area contributed by atoms with Crippen LogP contribution in [0.15, 0.2) is 0 Å². The number of hydrogen-bond donors (Lipinski definition) is 0. The number of alkyl halides is 36. The summed E-state index contributed by atoms with van der Waals surface area (Å²) in [7, 11) is 0. The number of rotatable bonds is 24. The molecule has 36 heteroatoms. The van der Waals surface area contributed by atoms with Crippen LogP contribution in [0.25, 0.3) is 0 Å². The lowest BCUT2D eigenvalue weighted by atomic mass is 9.93. The van der Waals surface area contributed by atoms with E-state index in [0.29, 0.717) is 42.9 Å². The molecule has 0 heterocycles. The van der Waals surface area contributed by atoms with Crippen LogP contribution in [0.2, 0.25) is 0 Å². The predicted octanol–water partition coefficient (Wildman–Crippen LogP) is 37.9. The maximum Gasteiger partial charge on any atom is 0.400 e. The predicted molar refractivity (Wildman–Crippen MR) is 389 cm³/mol. The Balaban J connectivity index is -0.000000100. The molecule has 0 saturated carbocycles. The summed E-state index contributed by atoms with van der Waals surface area (Å²) in [6.07, 6.45) is -50.2. The van der Waals surface area contributed by atoms with Crippen molar-refractivity contribution >= 4 is 0 Å². The molecule has 114 heavy (non-hydrogen) atoms. The second kappa shape index (κ2) is 66.2. The van der Waals surface area contributed by atoms with Crippen molar-refractivity contribution in [3.63, 3.8) is 0 Å². The van der Waals surface area contributed by atoms with Crippen LogP contribution in [0.3, 0.4) is 0 Å². The summed E-state index contributed by atoms with van der Waals surface area (Å²) in [5, 5.41) is 0. The largest absolute Gasteiger partial charge is 0.400 e. The molecule has 708 valence electrons. The van der Waals surface area contributed by atoms with Crippen molar-refractivity contribution < 1.29 is 158 Å². The fraction of sp³-hybridized carbons (Fsp3) is 1.00. The molecule has 0 aromatic rings. The van der Waals surface area contributed by atoms with Gasteiger partial charge in [-0.05, 0) is 84.9 Å². The number of hydrogen-bond acceptors (Lipinski definition) is 0. The highest BCUT2D eigenvalue weighted by Gasteiger charge is 2.58. The molecule has 0 rings (SSSR count). The minimum absolute atomic E-state index is 0.0658. The molecule has 0 amide bonds. The zero-order valence-corrected chi connectivity index (χ0v) is 72.5. The summed E-state index contributed by atoms with van der Waals surface area (Å²) >= 11 is 0. The third-order valence-corrected chi connectivity index (χ3v) is 17.0. The van der Waals surface area contributed by atoms with Gasteiger partial charge in [-0.15, -0.1) is 0 Å². The summed E-state index contributed by atoms with van der Waals surface area (Å²) in [4.78, 5) is 0. The van der Waals surface area contributed by atoms with Gasteiger partial charge in [-0.25, -0.2) is 0 Å². The Morgan fingerprint density at radius 3 is 0.684 bits per heavy atom. The average Bonchev–Trinajstić information content (AvgIpc) is 0.842. The molecule has 0 aromatic heterocycles. The van der Waals surface area contributed by atoms with Crippen LogP contribution in [-0.2, 0) is 0 Å². The van der Waals surface area contributed by atoms with Crippen LogP contribution in [0.1, 0.15) is 348 Å². The summed E-state index contributed by atoms with van der Waals surface area (Å²) in [5.41, 5.74) is 1.08. The van der Waals surface area contributed by atoms with Crippen molar-refractivity contribution in [2.24, 2.45) is 81.8 Å². The van der Waals surface area contributed by atoms with E-state index in [1.54, 1.807) is 27.7 Å². The number of halogens is 36. The normalized spacial score (nSPS) is 14.1. The van der Waals surface area contributed by atoms with Crippen molar-refractivity contribution in [3.8, 4) is 0 Å². The second-order valence-electron chi connectivity index (χ2n) is 31.7. The first kappa shape index (κ1) is 137. The first-order valence-electron chi connectivity index (χ1n) is 38.8. The van der Waals surface area contributed by atoms with Gasteiger partial charge in [0, 0.05) is 19.3 Å².